The minimum Gasteiger partial charge on any atom is -0.399 e. The van der Waals surface area contributed by atoms with Crippen LogP contribution < -0.4 is 11.1 Å². The van der Waals surface area contributed by atoms with Crippen molar-refractivity contribution in [3.05, 3.63) is 45.4 Å². The van der Waals surface area contributed by atoms with Crippen molar-refractivity contribution in [2.24, 2.45) is 0 Å². The molecule has 4 nitrogen and oxygen atoms in total. The van der Waals surface area contributed by atoms with E-state index in [1.165, 1.54) is 11.1 Å². The number of halogens is 2. The minimum absolute atomic E-state index is 0. The number of hydrogen-bond donors (Lipinski definition) is 2. The van der Waals surface area contributed by atoms with Gasteiger partial charge in [-0.1, -0.05) is 26.8 Å². The van der Waals surface area contributed by atoms with Crippen molar-refractivity contribution in [1.82, 2.24) is 10.3 Å². The molecule has 1 aliphatic carbocycles. The van der Waals surface area contributed by atoms with Crippen molar-refractivity contribution in [1.29, 1.82) is 0 Å². The van der Waals surface area contributed by atoms with Crippen LogP contribution in [0.3, 0.4) is 0 Å². The highest BCUT2D eigenvalue weighted by Gasteiger charge is 2.23. The average Bonchev–Trinajstić information content (AvgIpc) is 2.95. The fraction of sp³-hybridized carbons (Fsp3) is 0.474. The number of nitrogens with one attached hydrogen (secondary N) is 1. The molecule has 3 rings (SSSR count). The fourth-order valence-corrected chi connectivity index (χ4v) is 4.03. The van der Waals surface area contributed by atoms with Crippen molar-refractivity contribution in [2.75, 3.05) is 5.73 Å². The minimum atomic E-state index is 0. The lowest BCUT2D eigenvalue weighted by Crippen LogP contribution is -2.32. The van der Waals surface area contributed by atoms with Crippen molar-refractivity contribution >= 4 is 47.7 Å². The molecule has 0 radical (unpaired) electrons. The number of nitrogens with zero attached hydrogens (tertiary/aromatic N) is 1. The number of rotatable bonds is 3. The van der Waals surface area contributed by atoms with E-state index >= 15 is 0 Å². The first-order chi connectivity index (χ1) is 11.3. The first kappa shape index (κ1) is 22.7. The van der Waals surface area contributed by atoms with Crippen LogP contribution in [0.25, 0.3) is 0 Å². The molecular formula is C19H27Cl2N3OS. The van der Waals surface area contributed by atoms with E-state index in [0.717, 1.165) is 35.7 Å². The Balaban J connectivity index is 0.00000169. The number of anilines is 1. The zero-order chi connectivity index (χ0) is 17.3. The number of amides is 1. The summed E-state index contributed by atoms with van der Waals surface area (Å²) < 4.78 is 0. The van der Waals surface area contributed by atoms with E-state index in [-0.39, 0.29) is 42.2 Å². The second-order valence-corrected chi connectivity index (χ2v) is 8.40. The summed E-state index contributed by atoms with van der Waals surface area (Å²) in [6.45, 7) is 6.42. The quantitative estimate of drug-likeness (QED) is 0.719. The molecule has 7 heteroatoms. The third kappa shape index (κ3) is 5.35. The normalized spacial score (nSPS) is 16.0. The Hall–Kier alpha value is -1.30. The molecule has 2 aromatic rings. The predicted octanol–water partition coefficient (Wildman–Crippen LogP) is 4.60. The van der Waals surface area contributed by atoms with Gasteiger partial charge in [-0.15, -0.1) is 36.2 Å². The Labute approximate surface area is 171 Å². The number of aryl methyl sites for hydroxylation is 1. The maximum Gasteiger partial charge on any atom is 0.226 e. The van der Waals surface area contributed by atoms with E-state index in [9.17, 15) is 4.79 Å². The van der Waals surface area contributed by atoms with Gasteiger partial charge in [0.15, 0.2) is 0 Å². The van der Waals surface area contributed by atoms with Gasteiger partial charge in [-0.05, 0) is 42.5 Å². The van der Waals surface area contributed by atoms with Crippen LogP contribution in [0.1, 0.15) is 61.5 Å². The van der Waals surface area contributed by atoms with Gasteiger partial charge < -0.3 is 11.1 Å². The third-order valence-electron chi connectivity index (χ3n) is 4.35. The lowest BCUT2D eigenvalue weighted by atomic mass is 9.87. The van der Waals surface area contributed by atoms with Crippen molar-refractivity contribution < 1.29 is 4.79 Å². The highest BCUT2D eigenvalue weighted by Crippen LogP contribution is 2.31. The van der Waals surface area contributed by atoms with E-state index < -0.39 is 0 Å². The molecule has 1 aromatic carbocycles. The highest BCUT2D eigenvalue weighted by atomic mass is 35.5. The van der Waals surface area contributed by atoms with Gasteiger partial charge in [-0.2, -0.15) is 0 Å². The molecule has 1 atom stereocenters. The average molecular weight is 416 g/mol. The number of carbonyl (C=O) groups excluding carboxylic acids is 1. The van der Waals surface area contributed by atoms with E-state index in [1.54, 1.807) is 11.3 Å². The number of benzene rings is 1. The number of nitrogens with two attached hydrogens (primary N) is 1. The maximum absolute atomic E-state index is 12.4. The van der Waals surface area contributed by atoms with Gasteiger partial charge in [-0.3, -0.25) is 4.79 Å². The maximum atomic E-state index is 12.4. The van der Waals surface area contributed by atoms with Gasteiger partial charge in [0.1, 0.15) is 0 Å². The molecule has 0 saturated heterocycles. The van der Waals surface area contributed by atoms with E-state index in [1.807, 2.05) is 17.5 Å². The van der Waals surface area contributed by atoms with Gasteiger partial charge in [-0.25, -0.2) is 4.98 Å². The smallest absolute Gasteiger partial charge is 0.226 e. The zero-order valence-electron chi connectivity index (χ0n) is 15.4. The molecule has 0 saturated carbocycles. The summed E-state index contributed by atoms with van der Waals surface area (Å²) in [7, 11) is 0. The van der Waals surface area contributed by atoms with Crippen LogP contribution in [-0.2, 0) is 23.1 Å². The van der Waals surface area contributed by atoms with Gasteiger partial charge in [0.25, 0.3) is 0 Å². The highest BCUT2D eigenvalue weighted by molar-refractivity contribution is 7.09. The summed E-state index contributed by atoms with van der Waals surface area (Å²) in [4.78, 5) is 17.1. The molecule has 1 heterocycles. The second-order valence-electron chi connectivity index (χ2n) is 7.54. The molecule has 3 N–H and O–H groups in total. The summed E-state index contributed by atoms with van der Waals surface area (Å²) in [5.41, 5.74) is 10.0. The molecule has 144 valence electrons. The Morgan fingerprint density at radius 3 is 2.73 bits per heavy atom. The van der Waals surface area contributed by atoms with E-state index in [2.05, 4.69) is 37.1 Å². The Morgan fingerprint density at radius 1 is 1.35 bits per heavy atom. The standard InChI is InChI=1S/C19H25N3OS.2ClH/c1-19(2,3)18-21-14(11-24-18)10-17(23)22-16-6-4-5-12-9-13(20)7-8-15(12)16;;/h7-9,11,16H,4-6,10,20H2,1-3H3,(H,22,23);2*1H. The number of fused-ring (bicyclic) bond motifs is 1. The van der Waals surface area contributed by atoms with Crippen molar-refractivity contribution in [2.45, 2.75) is 57.9 Å². The van der Waals surface area contributed by atoms with E-state index in [0.29, 0.717) is 6.42 Å². The SMILES string of the molecule is CC(C)(C)c1nc(CC(=O)NC2CCCc3cc(N)ccc32)cs1.Cl.Cl. The number of carbonyl (C=O) groups is 1. The van der Waals surface area contributed by atoms with Gasteiger partial charge >= 0.3 is 0 Å². The lowest BCUT2D eigenvalue weighted by Gasteiger charge is -2.26. The molecule has 1 aliphatic rings. The zero-order valence-corrected chi connectivity index (χ0v) is 17.8. The van der Waals surface area contributed by atoms with Gasteiger partial charge in [0, 0.05) is 16.5 Å². The first-order valence-electron chi connectivity index (χ1n) is 8.45. The van der Waals surface area contributed by atoms with Crippen molar-refractivity contribution in [3.63, 3.8) is 0 Å². The Bertz CT molecular complexity index is 755. The van der Waals surface area contributed by atoms with Crippen LogP contribution in [-0.4, -0.2) is 10.9 Å². The second kappa shape index (κ2) is 9.07. The van der Waals surface area contributed by atoms with Gasteiger partial charge in [0.2, 0.25) is 5.91 Å². The van der Waals surface area contributed by atoms with Crippen LogP contribution in [0.2, 0.25) is 0 Å². The summed E-state index contributed by atoms with van der Waals surface area (Å²) in [6, 6.07) is 6.08. The molecule has 26 heavy (non-hydrogen) atoms. The van der Waals surface area contributed by atoms with Gasteiger partial charge in [0.05, 0.1) is 23.2 Å². The number of aromatic nitrogens is 1. The monoisotopic (exact) mass is 415 g/mol. The van der Waals surface area contributed by atoms with Crippen molar-refractivity contribution in [3.8, 4) is 0 Å². The molecule has 0 spiro atoms. The Morgan fingerprint density at radius 2 is 2.08 bits per heavy atom. The molecule has 0 fully saturated rings. The number of thiazole rings is 1. The number of hydrogen-bond acceptors (Lipinski definition) is 4. The third-order valence-corrected chi connectivity index (χ3v) is 5.67. The molecule has 0 aliphatic heterocycles. The summed E-state index contributed by atoms with van der Waals surface area (Å²) in [5.74, 6) is 0.0374. The van der Waals surface area contributed by atoms with Crippen LogP contribution in [0.5, 0.6) is 0 Å². The van der Waals surface area contributed by atoms with Crippen LogP contribution in [0.4, 0.5) is 5.69 Å². The molecule has 1 aromatic heterocycles. The molecular weight excluding hydrogens is 389 g/mol. The molecule has 0 bridgehead atoms. The lowest BCUT2D eigenvalue weighted by molar-refractivity contribution is -0.121. The fourth-order valence-electron chi connectivity index (χ4n) is 3.13. The molecule has 1 amide bonds. The van der Waals surface area contributed by atoms with Crippen LogP contribution >= 0.6 is 36.2 Å². The van der Waals surface area contributed by atoms with Crippen LogP contribution in [0.15, 0.2) is 23.6 Å². The molecule has 1 unspecified atom stereocenters. The summed E-state index contributed by atoms with van der Waals surface area (Å²) in [6.07, 6.45) is 3.43. The topological polar surface area (TPSA) is 68.0 Å². The largest absolute Gasteiger partial charge is 0.399 e. The summed E-state index contributed by atoms with van der Waals surface area (Å²) >= 11 is 1.63. The first-order valence-corrected chi connectivity index (χ1v) is 9.33. The number of nitrogen functional groups attached to an aromatic ring is 1. The van der Waals surface area contributed by atoms with E-state index in [4.69, 9.17) is 5.73 Å². The van der Waals surface area contributed by atoms with Crippen LogP contribution in [0, 0.1) is 0 Å². The Kier molecular flexibility index (Phi) is 7.93. The predicted molar refractivity (Wildman–Crippen MR) is 114 cm³/mol. The summed E-state index contributed by atoms with van der Waals surface area (Å²) in [5, 5.41) is 6.24.